The Bertz CT molecular complexity index is 1650. The molecule has 0 aliphatic carbocycles. The molecule has 1 saturated heterocycles. The van der Waals surface area contributed by atoms with Gasteiger partial charge in [-0.05, 0) is 103 Å². The fourth-order valence-corrected chi connectivity index (χ4v) is 9.42. The molecular weight excluding hydrogens is 991 g/mol. The zero-order valence-electron chi connectivity index (χ0n) is 50.2. The predicted octanol–water partition coefficient (Wildman–Crippen LogP) is 15.5. The molecule has 6 N–H and O–H groups in total. The van der Waals surface area contributed by atoms with Gasteiger partial charge >= 0.3 is 5.97 Å². The third kappa shape index (κ3) is 43.0. The number of ether oxygens (including phenoxy) is 3. The molecule has 454 valence electrons. The summed E-state index contributed by atoms with van der Waals surface area (Å²) in [4.78, 5) is 26.6. The van der Waals surface area contributed by atoms with Crippen molar-refractivity contribution in [1.82, 2.24) is 5.32 Å². The number of unbranched alkanes of at least 4 members (excludes halogenated alkanes) is 25. The monoisotopic (exact) mass is 1110 g/mol. The van der Waals surface area contributed by atoms with E-state index < -0.39 is 67.4 Å². The van der Waals surface area contributed by atoms with E-state index in [0.29, 0.717) is 19.3 Å². The van der Waals surface area contributed by atoms with Crippen molar-refractivity contribution in [2.75, 3.05) is 13.2 Å². The van der Waals surface area contributed by atoms with Crippen LogP contribution in [0.5, 0.6) is 0 Å². The molecule has 8 atom stereocenters. The van der Waals surface area contributed by atoms with E-state index in [4.69, 9.17) is 14.2 Å². The van der Waals surface area contributed by atoms with Crippen molar-refractivity contribution < 1.29 is 49.3 Å². The van der Waals surface area contributed by atoms with Crippen molar-refractivity contribution in [2.45, 2.75) is 307 Å². The highest BCUT2D eigenvalue weighted by molar-refractivity contribution is 5.80. The lowest BCUT2D eigenvalue weighted by Crippen LogP contribution is -2.61. The molecular formula is C68H117NO10. The molecule has 11 heteroatoms. The summed E-state index contributed by atoms with van der Waals surface area (Å²) in [6.07, 6.45) is 63.0. The average molecular weight is 1110 g/mol. The van der Waals surface area contributed by atoms with E-state index in [1.54, 1.807) is 6.08 Å². The van der Waals surface area contributed by atoms with Crippen molar-refractivity contribution in [3.8, 4) is 0 Å². The minimum atomic E-state index is -1.63. The molecule has 1 fully saturated rings. The minimum absolute atomic E-state index is 0.109. The Balaban J connectivity index is 2.73. The molecule has 1 heterocycles. The Morgan fingerprint density at radius 3 is 1.38 bits per heavy atom. The maximum Gasteiger partial charge on any atom is 0.306 e. The normalized spacial score (nSPS) is 19.5. The molecule has 1 aliphatic heterocycles. The number of esters is 1. The Kier molecular flexibility index (Phi) is 51.4. The van der Waals surface area contributed by atoms with Gasteiger partial charge in [0.05, 0.1) is 25.4 Å². The molecule has 0 aromatic rings. The summed E-state index contributed by atoms with van der Waals surface area (Å²) in [5.74, 6) is -1.25. The van der Waals surface area contributed by atoms with E-state index >= 15 is 0 Å². The highest BCUT2D eigenvalue weighted by atomic mass is 16.7. The maximum atomic E-state index is 13.4. The van der Waals surface area contributed by atoms with E-state index in [1.807, 2.05) is 12.2 Å². The number of carbonyl (C=O) groups excluding carboxylic acids is 2. The summed E-state index contributed by atoms with van der Waals surface area (Å²) in [5, 5.41) is 57.0. The van der Waals surface area contributed by atoms with E-state index in [2.05, 4.69) is 105 Å². The number of allylic oxidation sites excluding steroid dienone is 15. The summed E-state index contributed by atoms with van der Waals surface area (Å²) in [6, 6.07) is -1.05. The smallest absolute Gasteiger partial charge is 0.306 e. The predicted molar refractivity (Wildman–Crippen MR) is 329 cm³/mol. The summed E-state index contributed by atoms with van der Waals surface area (Å²) >= 11 is 0. The molecule has 8 unspecified atom stereocenters. The van der Waals surface area contributed by atoms with Crippen molar-refractivity contribution >= 4 is 11.9 Å². The zero-order valence-corrected chi connectivity index (χ0v) is 50.2. The standard InChI is InChI=1S/C68H117NO10/c1-4-7-10-13-16-19-22-25-27-29-30-31-33-34-37-40-43-46-49-52-55-61(72)67(76)69-59(60(71)54-51-48-45-42-39-36-24-21-18-15-12-9-6-3)58-77-68-66(65(75)64(74)62(57-70)78-68)79-63(73)56-53-50-47-44-41-38-35-32-28-26-23-20-17-14-11-8-5-2/h7,10,16,19,25-28,30-31,34,37,43,46,51,54,59-62,64-66,68,70-72,74-75H,4-6,8-9,11-15,17-18,20-24,29,32-33,35-36,38-42,44-45,47-50,52-53,55-58H2,1-3H3,(H,69,76)/b10-7-,19-16-,27-25-,28-26+,31-30-,37-34-,46-43-,54-51+. The quantitative estimate of drug-likeness (QED) is 0.0195. The molecule has 1 amide bonds. The fraction of sp³-hybridized carbons (Fsp3) is 0.735. The summed E-state index contributed by atoms with van der Waals surface area (Å²) < 4.78 is 17.6. The first kappa shape index (κ1) is 73.6. The van der Waals surface area contributed by atoms with Crippen molar-refractivity contribution in [3.05, 3.63) is 97.2 Å². The van der Waals surface area contributed by atoms with E-state index in [9.17, 15) is 35.1 Å². The summed E-state index contributed by atoms with van der Waals surface area (Å²) in [5.41, 5.74) is 0. The molecule has 0 spiro atoms. The van der Waals surface area contributed by atoms with E-state index in [1.165, 1.54) is 109 Å². The van der Waals surface area contributed by atoms with Gasteiger partial charge in [-0.15, -0.1) is 0 Å². The van der Waals surface area contributed by atoms with Crippen LogP contribution in [0.25, 0.3) is 0 Å². The summed E-state index contributed by atoms with van der Waals surface area (Å²) in [6.45, 7) is 5.65. The van der Waals surface area contributed by atoms with Crippen LogP contribution in [-0.4, -0.2) is 99.6 Å². The average Bonchev–Trinajstić information content (AvgIpc) is 3.49. The molecule has 0 aromatic carbocycles. The van der Waals surface area contributed by atoms with Gasteiger partial charge in [0.25, 0.3) is 0 Å². The minimum Gasteiger partial charge on any atom is -0.454 e. The van der Waals surface area contributed by atoms with Crippen LogP contribution in [0.1, 0.15) is 258 Å². The first-order valence-corrected chi connectivity index (χ1v) is 32.0. The molecule has 0 radical (unpaired) electrons. The van der Waals surface area contributed by atoms with Gasteiger partial charge < -0.3 is 45.1 Å². The van der Waals surface area contributed by atoms with Crippen molar-refractivity contribution in [1.29, 1.82) is 0 Å². The lowest BCUT2D eigenvalue weighted by molar-refractivity contribution is -0.305. The highest BCUT2D eigenvalue weighted by Gasteiger charge is 2.47. The van der Waals surface area contributed by atoms with Crippen LogP contribution in [0, 0.1) is 0 Å². The van der Waals surface area contributed by atoms with Crippen LogP contribution >= 0.6 is 0 Å². The molecule has 79 heavy (non-hydrogen) atoms. The van der Waals surface area contributed by atoms with Crippen molar-refractivity contribution in [3.63, 3.8) is 0 Å². The molecule has 0 saturated carbocycles. The Hall–Kier alpha value is -3.42. The van der Waals surface area contributed by atoms with Crippen LogP contribution in [0.4, 0.5) is 0 Å². The number of hydrogen-bond donors (Lipinski definition) is 6. The maximum absolute atomic E-state index is 13.4. The molecule has 0 aromatic heterocycles. The lowest BCUT2D eigenvalue weighted by Gasteiger charge is -2.41. The molecule has 1 aliphatic rings. The van der Waals surface area contributed by atoms with Gasteiger partial charge in [-0.2, -0.15) is 0 Å². The topological polar surface area (TPSA) is 175 Å². The third-order valence-electron chi connectivity index (χ3n) is 14.5. The molecule has 0 bridgehead atoms. The number of carbonyl (C=O) groups is 2. The lowest BCUT2D eigenvalue weighted by atomic mass is 9.99. The zero-order chi connectivity index (χ0) is 57.5. The Morgan fingerprint density at radius 2 is 0.911 bits per heavy atom. The number of aliphatic hydroxyl groups excluding tert-OH is 5. The highest BCUT2D eigenvalue weighted by Crippen LogP contribution is 2.26. The van der Waals surface area contributed by atoms with Crippen LogP contribution in [-0.2, 0) is 23.8 Å². The van der Waals surface area contributed by atoms with Gasteiger partial charge in [-0.3, -0.25) is 9.59 Å². The largest absolute Gasteiger partial charge is 0.454 e. The Labute approximate surface area is 482 Å². The number of nitrogens with one attached hydrogen (secondary N) is 1. The number of amides is 1. The number of aliphatic hydroxyl groups is 5. The summed E-state index contributed by atoms with van der Waals surface area (Å²) in [7, 11) is 0. The fourth-order valence-electron chi connectivity index (χ4n) is 9.42. The van der Waals surface area contributed by atoms with Gasteiger partial charge in [-0.1, -0.05) is 246 Å². The van der Waals surface area contributed by atoms with Gasteiger partial charge in [-0.25, -0.2) is 0 Å². The van der Waals surface area contributed by atoms with Crippen LogP contribution in [0.2, 0.25) is 0 Å². The van der Waals surface area contributed by atoms with Gasteiger partial charge in [0, 0.05) is 6.42 Å². The Morgan fingerprint density at radius 1 is 0.506 bits per heavy atom. The first-order valence-electron chi connectivity index (χ1n) is 32.0. The molecule has 11 nitrogen and oxygen atoms in total. The van der Waals surface area contributed by atoms with Crippen LogP contribution in [0.15, 0.2) is 97.2 Å². The van der Waals surface area contributed by atoms with Gasteiger partial charge in [0.15, 0.2) is 12.4 Å². The van der Waals surface area contributed by atoms with Gasteiger partial charge in [0.1, 0.15) is 24.4 Å². The second-order valence-corrected chi connectivity index (χ2v) is 21.8. The van der Waals surface area contributed by atoms with E-state index in [0.717, 1.165) is 96.3 Å². The number of rotatable bonds is 53. The number of hydrogen-bond acceptors (Lipinski definition) is 10. The second-order valence-electron chi connectivity index (χ2n) is 21.8. The third-order valence-corrected chi connectivity index (χ3v) is 14.5. The van der Waals surface area contributed by atoms with Crippen molar-refractivity contribution in [2.24, 2.45) is 0 Å². The first-order chi connectivity index (χ1) is 38.7. The van der Waals surface area contributed by atoms with Crippen LogP contribution < -0.4 is 5.32 Å². The van der Waals surface area contributed by atoms with Gasteiger partial charge in [0.2, 0.25) is 5.91 Å². The SMILES string of the molecule is CC/C=C\C/C=C\C/C=C\C/C=C\C/C=C\C/C=C\CCCC(O)C(=O)NC(COC1OC(CO)C(O)C(O)C1OC(=O)CCCCCCCCC/C=C/CCCCCCCC)C(O)/C=C/CCCCCCCCCCCCC. The second kappa shape index (κ2) is 55.1. The molecule has 1 rings (SSSR count). The van der Waals surface area contributed by atoms with Crippen LogP contribution in [0.3, 0.4) is 0 Å². The van der Waals surface area contributed by atoms with E-state index in [-0.39, 0.29) is 19.4 Å².